The molecule has 2 heterocycles. The average molecular weight is 446 g/mol. The van der Waals surface area contributed by atoms with Crippen LogP contribution in [0.5, 0.6) is 10.8 Å². The lowest BCUT2D eigenvalue weighted by atomic mass is 9.98. The molecular weight excluding hydrogens is 436 g/mol. The first-order valence-corrected chi connectivity index (χ1v) is 9.57. The second kappa shape index (κ2) is 7.15. The molecule has 2 aromatic carbocycles. The van der Waals surface area contributed by atoms with Gasteiger partial charge < -0.3 is 4.74 Å². The number of hydrogen-bond acceptors (Lipinski definition) is 5. The Morgan fingerprint density at radius 2 is 2.00 bits per heavy atom. The Morgan fingerprint density at radius 1 is 1.15 bits per heavy atom. The zero-order valence-electron chi connectivity index (χ0n) is 13.1. The number of nitrogens with zero attached hydrogens (tertiary/aromatic N) is 2. The van der Waals surface area contributed by atoms with Crippen molar-refractivity contribution >= 4 is 55.9 Å². The van der Waals surface area contributed by atoms with Gasteiger partial charge in [0.1, 0.15) is 16.6 Å². The predicted molar refractivity (Wildman–Crippen MR) is 107 cm³/mol. The highest BCUT2D eigenvalue weighted by atomic mass is 79.9. The summed E-state index contributed by atoms with van der Waals surface area (Å²) in [5.74, 6) is 0.552. The molecule has 0 N–H and O–H groups in total. The fourth-order valence-electron chi connectivity index (χ4n) is 2.70. The third-order valence-corrected chi connectivity index (χ3v) is 5.41. The van der Waals surface area contributed by atoms with Gasteiger partial charge in [0.2, 0.25) is 5.06 Å². The number of fused-ring (bicyclic) bond motifs is 1. The van der Waals surface area contributed by atoms with E-state index in [0.29, 0.717) is 31.1 Å². The predicted octanol–water partition coefficient (Wildman–Crippen LogP) is 6.38. The summed E-state index contributed by atoms with van der Waals surface area (Å²) < 4.78 is 6.62. The molecule has 4 rings (SSSR count). The summed E-state index contributed by atoms with van der Waals surface area (Å²) in [5.41, 5.74) is 1.90. The minimum Gasteiger partial charge on any atom is -0.444 e. The Balaban J connectivity index is 1.86. The van der Waals surface area contributed by atoms with Crippen molar-refractivity contribution in [2.75, 3.05) is 0 Å². The number of ether oxygens (including phenoxy) is 1. The average Bonchev–Trinajstić information content (AvgIpc) is 3.00. The molecule has 0 amide bonds. The summed E-state index contributed by atoms with van der Waals surface area (Å²) >= 11 is 10.7. The van der Waals surface area contributed by atoms with Gasteiger partial charge in [-0.05, 0) is 32.8 Å². The molecule has 0 unspecified atom stereocenters. The first-order chi connectivity index (χ1) is 12.7. The van der Waals surface area contributed by atoms with Crippen LogP contribution >= 0.6 is 38.9 Å². The molecule has 2 aromatic heterocycles. The number of benzene rings is 2. The molecule has 0 bridgehead atoms. The van der Waals surface area contributed by atoms with E-state index in [2.05, 4.69) is 25.9 Å². The maximum atomic E-state index is 11.8. The molecule has 0 aliphatic heterocycles. The minimum atomic E-state index is 0.340. The third-order valence-electron chi connectivity index (χ3n) is 3.82. The van der Waals surface area contributed by atoms with Crippen molar-refractivity contribution in [3.05, 3.63) is 69.4 Å². The van der Waals surface area contributed by atoms with E-state index in [1.165, 1.54) is 11.3 Å². The van der Waals surface area contributed by atoms with E-state index < -0.39 is 0 Å². The molecule has 0 fully saturated rings. The molecule has 128 valence electrons. The van der Waals surface area contributed by atoms with Gasteiger partial charge in [0.05, 0.1) is 0 Å². The summed E-state index contributed by atoms with van der Waals surface area (Å²) in [4.78, 5) is 20.3. The molecule has 4 aromatic rings. The molecule has 0 saturated carbocycles. The minimum absolute atomic E-state index is 0.340. The zero-order valence-corrected chi connectivity index (χ0v) is 16.3. The van der Waals surface area contributed by atoms with E-state index in [-0.39, 0.29) is 0 Å². The number of aldehydes is 1. The van der Waals surface area contributed by atoms with Crippen molar-refractivity contribution < 1.29 is 9.53 Å². The van der Waals surface area contributed by atoms with Crippen molar-refractivity contribution in [1.29, 1.82) is 0 Å². The smallest absolute Gasteiger partial charge is 0.209 e. The van der Waals surface area contributed by atoms with Crippen LogP contribution in [0.4, 0.5) is 0 Å². The lowest BCUT2D eigenvalue weighted by molar-refractivity contribution is 0.112. The van der Waals surface area contributed by atoms with Crippen molar-refractivity contribution in [2.45, 2.75) is 0 Å². The van der Waals surface area contributed by atoms with E-state index in [1.807, 2.05) is 36.4 Å². The molecule has 7 heteroatoms. The van der Waals surface area contributed by atoms with E-state index in [1.54, 1.807) is 18.3 Å². The maximum absolute atomic E-state index is 11.8. The van der Waals surface area contributed by atoms with Crippen molar-refractivity contribution in [3.8, 4) is 22.1 Å². The number of halogens is 2. The normalized spacial score (nSPS) is 10.8. The van der Waals surface area contributed by atoms with E-state index in [4.69, 9.17) is 16.3 Å². The highest BCUT2D eigenvalue weighted by Gasteiger charge is 2.19. The Bertz CT molecular complexity index is 1130. The van der Waals surface area contributed by atoms with Crippen LogP contribution in [0.1, 0.15) is 10.4 Å². The molecule has 0 radical (unpaired) electrons. The molecule has 0 aliphatic carbocycles. The molecule has 26 heavy (non-hydrogen) atoms. The van der Waals surface area contributed by atoms with E-state index >= 15 is 0 Å². The van der Waals surface area contributed by atoms with Crippen molar-refractivity contribution in [2.24, 2.45) is 0 Å². The van der Waals surface area contributed by atoms with Gasteiger partial charge >= 0.3 is 0 Å². The monoisotopic (exact) mass is 444 g/mol. The second-order valence-corrected chi connectivity index (χ2v) is 8.01. The fourth-order valence-corrected chi connectivity index (χ4v) is 4.17. The van der Waals surface area contributed by atoms with Gasteiger partial charge in [-0.25, -0.2) is 9.97 Å². The van der Waals surface area contributed by atoms with Crippen LogP contribution in [0.3, 0.4) is 0 Å². The van der Waals surface area contributed by atoms with Crippen LogP contribution < -0.4 is 4.74 Å². The van der Waals surface area contributed by atoms with Crippen LogP contribution in [0.15, 0.2) is 58.6 Å². The molecular formula is C19H10BrClN2O2S. The number of aromatic nitrogens is 2. The van der Waals surface area contributed by atoms with Gasteiger partial charge in [0.15, 0.2) is 10.2 Å². The number of carbonyl (C=O) groups is 1. The van der Waals surface area contributed by atoms with Crippen LogP contribution in [0.25, 0.3) is 22.0 Å². The standard InChI is InChI=1S/C19H10BrClN2O2S/c20-19-23-17(18(26-19)25-12-7-8-22-16(21)9-12)14-6-5-11-3-1-2-4-13(11)15(14)10-24/h1-10H. The fraction of sp³-hybridized carbons (Fsp3) is 0. The Morgan fingerprint density at radius 3 is 2.81 bits per heavy atom. The first-order valence-electron chi connectivity index (χ1n) is 7.59. The van der Waals surface area contributed by atoms with Crippen molar-refractivity contribution in [3.63, 3.8) is 0 Å². The molecule has 0 atom stereocenters. The number of pyridine rings is 1. The maximum Gasteiger partial charge on any atom is 0.209 e. The molecule has 0 saturated heterocycles. The lowest BCUT2D eigenvalue weighted by Gasteiger charge is -2.09. The number of carbonyl (C=O) groups excluding carboxylic acids is 1. The number of hydrogen-bond donors (Lipinski definition) is 0. The topological polar surface area (TPSA) is 52.1 Å². The van der Waals surface area contributed by atoms with Gasteiger partial charge in [-0.15, -0.1) is 0 Å². The Hall–Kier alpha value is -2.28. The summed E-state index contributed by atoms with van der Waals surface area (Å²) in [5, 5.41) is 2.78. The summed E-state index contributed by atoms with van der Waals surface area (Å²) in [7, 11) is 0. The summed E-state index contributed by atoms with van der Waals surface area (Å²) in [6.07, 6.45) is 2.43. The summed E-state index contributed by atoms with van der Waals surface area (Å²) in [6, 6.07) is 14.9. The highest BCUT2D eigenvalue weighted by Crippen LogP contribution is 2.42. The highest BCUT2D eigenvalue weighted by molar-refractivity contribution is 9.11. The zero-order chi connectivity index (χ0) is 18.1. The van der Waals surface area contributed by atoms with Crippen LogP contribution in [-0.4, -0.2) is 16.3 Å². The Kier molecular flexibility index (Phi) is 4.72. The number of rotatable bonds is 4. The van der Waals surface area contributed by atoms with Crippen molar-refractivity contribution in [1.82, 2.24) is 9.97 Å². The lowest BCUT2D eigenvalue weighted by Crippen LogP contribution is -1.92. The van der Waals surface area contributed by atoms with Gasteiger partial charge in [-0.1, -0.05) is 59.3 Å². The van der Waals surface area contributed by atoms with Crippen LogP contribution in [0, 0.1) is 0 Å². The second-order valence-electron chi connectivity index (χ2n) is 5.38. The van der Waals surface area contributed by atoms with Gasteiger partial charge in [-0.3, -0.25) is 4.79 Å². The molecule has 0 aliphatic rings. The molecule has 4 nitrogen and oxygen atoms in total. The molecule has 0 spiro atoms. The third kappa shape index (κ3) is 3.23. The van der Waals surface area contributed by atoms with Gasteiger partial charge in [0, 0.05) is 23.4 Å². The largest absolute Gasteiger partial charge is 0.444 e. The number of thiazole rings is 1. The first kappa shape index (κ1) is 17.1. The van der Waals surface area contributed by atoms with E-state index in [0.717, 1.165) is 22.6 Å². The van der Waals surface area contributed by atoms with E-state index in [9.17, 15) is 4.79 Å². The SMILES string of the molecule is O=Cc1c(-c2nc(Br)sc2Oc2ccnc(Cl)c2)ccc2ccccc12. The van der Waals surface area contributed by atoms with Gasteiger partial charge in [0.25, 0.3) is 0 Å². The summed E-state index contributed by atoms with van der Waals surface area (Å²) in [6.45, 7) is 0. The van der Waals surface area contributed by atoms with Crippen LogP contribution in [-0.2, 0) is 0 Å². The quantitative estimate of drug-likeness (QED) is 0.270. The Labute approximate surface area is 166 Å². The van der Waals surface area contributed by atoms with Crippen LogP contribution in [0.2, 0.25) is 5.15 Å². The van der Waals surface area contributed by atoms with Gasteiger partial charge in [-0.2, -0.15) is 0 Å².